The Morgan fingerprint density at radius 2 is 0.893 bits per heavy atom. The number of nitrogens with zero attached hydrogens (tertiary/aromatic N) is 2. The zero-order valence-electron chi connectivity index (χ0n) is 49.5. The van der Waals surface area contributed by atoms with Crippen molar-refractivity contribution in [3.8, 4) is 0 Å². The largest absolute Gasteiger partial charge is 0.468 e. The van der Waals surface area contributed by atoms with Gasteiger partial charge in [0.1, 0.15) is 5.58 Å². The van der Waals surface area contributed by atoms with Crippen LogP contribution in [0, 0.1) is 0 Å². The lowest BCUT2D eigenvalue weighted by molar-refractivity contribution is 0.589. The van der Waals surface area contributed by atoms with Gasteiger partial charge in [0.25, 0.3) is 6.71 Å². The van der Waals surface area contributed by atoms with Crippen LogP contribution in [-0.4, -0.2) is 6.71 Å². The van der Waals surface area contributed by atoms with E-state index < -0.39 is 58.0 Å². The lowest BCUT2D eigenvalue weighted by Gasteiger charge is -2.44. The Morgan fingerprint density at radius 3 is 1.39 bits per heavy atom. The fraction of sp³-hybridized carbons (Fsp3) is 0.385. The molecule has 0 saturated carbocycles. The van der Waals surface area contributed by atoms with Crippen molar-refractivity contribution in [3.63, 3.8) is 0 Å². The second-order valence-corrected chi connectivity index (χ2v) is 20.5. The highest BCUT2D eigenvalue weighted by molar-refractivity contribution is 7.00. The molecule has 0 spiro atoms. The van der Waals surface area contributed by atoms with Gasteiger partial charge in [-0.1, -0.05) is 146 Å². The van der Waals surface area contributed by atoms with Gasteiger partial charge in [0.15, 0.2) is 0 Å². The van der Waals surface area contributed by atoms with E-state index in [0.717, 1.165) is 0 Å². The van der Waals surface area contributed by atoms with E-state index in [4.69, 9.17) is 4.42 Å². The molecule has 6 aromatic rings. The van der Waals surface area contributed by atoms with Gasteiger partial charge in [-0.2, -0.15) is 0 Å². The van der Waals surface area contributed by atoms with Gasteiger partial charge in [-0.15, -0.1) is 0 Å². The Balaban J connectivity index is 1.73. The van der Waals surface area contributed by atoms with Gasteiger partial charge >= 0.3 is 0 Å². The maximum absolute atomic E-state index is 10.2. The van der Waals surface area contributed by atoms with Gasteiger partial charge in [0.05, 0.1) is 30.5 Å². The molecule has 2 aliphatic rings. The molecule has 0 saturated heterocycles. The molecular weight excluding hydrogens is 679 g/mol. The van der Waals surface area contributed by atoms with Crippen molar-refractivity contribution in [2.45, 2.75) is 131 Å². The summed E-state index contributed by atoms with van der Waals surface area (Å²) >= 11 is 0. The molecular formula is C52H61BN2O. The van der Waals surface area contributed by atoms with E-state index in [-0.39, 0.29) is 139 Å². The van der Waals surface area contributed by atoms with Gasteiger partial charge in [-0.25, -0.2) is 0 Å². The molecule has 0 bridgehead atoms. The number of benzene rings is 5. The molecule has 3 heterocycles. The van der Waals surface area contributed by atoms with Crippen molar-refractivity contribution in [1.82, 2.24) is 0 Å². The third-order valence-corrected chi connectivity index (χ3v) is 10.7. The second-order valence-electron chi connectivity index (χ2n) is 20.5. The number of hydrogen-bond donors (Lipinski definition) is 0. The summed E-state index contributed by atoms with van der Waals surface area (Å²) in [7, 11) is 0. The molecule has 0 unspecified atom stereocenters. The van der Waals surface area contributed by atoms with Crippen LogP contribution in [0.4, 0.5) is 34.1 Å². The highest BCUT2D eigenvalue weighted by atomic mass is 16.3. The molecule has 8 rings (SSSR count). The minimum absolute atomic E-state index is 0.00387. The van der Waals surface area contributed by atoms with Crippen LogP contribution in [-0.2, 0) is 27.1 Å². The van der Waals surface area contributed by atoms with E-state index in [1.54, 1.807) is 41.5 Å². The summed E-state index contributed by atoms with van der Waals surface area (Å²) in [6.07, 6.45) is 0. The number of hydrogen-bond acceptors (Lipinski definition) is 3. The first-order valence-electron chi connectivity index (χ1n) is 26.5. The lowest BCUT2D eigenvalue weighted by atomic mass is 9.35. The average molecular weight is 755 g/mol. The predicted molar refractivity (Wildman–Crippen MR) is 244 cm³/mol. The van der Waals surface area contributed by atoms with Gasteiger partial charge in [-0.05, 0) is 120 Å². The molecule has 1 aromatic heterocycles. The van der Waals surface area contributed by atoms with Crippen LogP contribution in [0.3, 0.4) is 0 Å². The third kappa shape index (κ3) is 6.28. The molecule has 5 aromatic carbocycles. The van der Waals surface area contributed by atoms with Crippen molar-refractivity contribution < 1.29 is 23.6 Å². The maximum Gasteiger partial charge on any atom is 0.297 e. The molecule has 288 valence electrons. The summed E-state index contributed by atoms with van der Waals surface area (Å²) in [5.41, 5.74) is -2.34. The smallest absolute Gasteiger partial charge is 0.297 e. The number of anilines is 6. The van der Waals surface area contributed by atoms with Gasteiger partial charge in [-0.3, -0.25) is 0 Å². The standard InChI is InChI=1S/C52H61BN2O/c1-48(2,3)32-16-22-37(23-17-32)54-41-29-35(51(10,11)12)20-26-40(41)53-45-42(54)30-36(52(13,14)15)31-43(45)55(38-24-18-33(19-25-38)49(4,5)6)46-39-28-34(50(7,8)9)21-27-44(39)56-47(46)53/h16-31H,1-15H3/i16D,17D,18D,19D,20D,21D,22D,23D,24D,25D,26D,27D,28D,29D. The molecule has 0 aliphatic carbocycles. The van der Waals surface area contributed by atoms with Crippen molar-refractivity contribution in [2.75, 3.05) is 9.80 Å². The third-order valence-electron chi connectivity index (χ3n) is 10.7. The van der Waals surface area contributed by atoms with E-state index in [0.29, 0.717) is 11.0 Å². The number of furan rings is 1. The van der Waals surface area contributed by atoms with Gasteiger partial charge < -0.3 is 14.2 Å². The van der Waals surface area contributed by atoms with Crippen LogP contribution < -0.4 is 26.4 Å². The molecule has 0 atom stereocenters. The van der Waals surface area contributed by atoms with E-state index in [1.807, 2.05) is 74.4 Å². The topological polar surface area (TPSA) is 19.6 Å². The number of rotatable bonds is 2. The Hall–Kier alpha value is -4.70. The molecule has 0 fully saturated rings. The van der Waals surface area contributed by atoms with Crippen molar-refractivity contribution in [2.24, 2.45) is 0 Å². The SMILES string of the molecule is [2H]c1c([2H])c(C(C)(C)C)c([2H])c2c1B1c3oc4c([2H])c([2H])c(C(C)(C)C)c([2H])c4c3N(c3c([2H])c([2H])c(C(C)(C)C)c([2H])c3[2H])c3cc(C(C)(C)C)cc(c31)N2c1c([2H])c([2H])c(C(C)(C)C)c([2H])c1[2H]. The fourth-order valence-electron chi connectivity index (χ4n) is 7.30. The maximum atomic E-state index is 10.2. The van der Waals surface area contributed by atoms with Crippen LogP contribution in [0.25, 0.3) is 11.0 Å². The Labute approximate surface area is 356 Å². The monoisotopic (exact) mass is 755 g/mol. The molecule has 0 amide bonds. The Morgan fingerprint density at radius 1 is 0.464 bits per heavy atom. The van der Waals surface area contributed by atoms with Crippen LogP contribution in [0.5, 0.6) is 0 Å². The number of fused-ring (bicyclic) bond motifs is 6. The minimum Gasteiger partial charge on any atom is -0.468 e. The molecule has 56 heavy (non-hydrogen) atoms. The Kier molecular flexibility index (Phi) is 5.50. The molecule has 3 nitrogen and oxygen atoms in total. The average Bonchev–Trinajstić information content (AvgIpc) is 3.60. The minimum atomic E-state index is -1.24. The van der Waals surface area contributed by atoms with Crippen molar-refractivity contribution >= 4 is 68.4 Å². The van der Waals surface area contributed by atoms with Crippen molar-refractivity contribution in [1.29, 1.82) is 0 Å². The second kappa shape index (κ2) is 12.4. The normalized spacial score (nSPS) is 18.1. The summed E-state index contributed by atoms with van der Waals surface area (Å²) in [5, 5.41) is 0.0578. The summed E-state index contributed by atoms with van der Waals surface area (Å²) in [6, 6.07) is -0.688. The highest BCUT2D eigenvalue weighted by Gasteiger charge is 2.47. The van der Waals surface area contributed by atoms with Gasteiger partial charge in [0, 0.05) is 33.8 Å². The molecule has 4 heteroatoms. The first-order valence-corrected chi connectivity index (χ1v) is 19.5. The van der Waals surface area contributed by atoms with Crippen LogP contribution in [0.15, 0.2) is 101 Å². The fourth-order valence-corrected chi connectivity index (χ4v) is 7.30. The summed E-state index contributed by atoms with van der Waals surface area (Å²) in [6.45, 7) is 26.4. The van der Waals surface area contributed by atoms with Crippen molar-refractivity contribution in [3.05, 3.63) is 125 Å². The summed E-state index contributed by atoms with van der Waals surface area (Å²) in [4.78, 5) is 3.03. The highest BCUT2D eigenvalue weighted by Crippen LogP contribution is 2.49. The molecule has 0 N–H and O–H groups in total. The van der Waals surface area contributed by atoms with Gasteiger partial charge in [0.2, 0.25) is 0 Å². The molecule has 0 radical (unpaired) electrons. The van der Waals surface area contributed by atoms with E-state index >= 15 is 0 Å². The lowest BCUT2D eigenvalue weighted by Crippen LogP contribution is -2.61. The summed E-state index contributed by atoms with van der Waals surface area (Å²) < 4.78 is 143. The quantitative estimate of drug-likeness (QED) is 0.164. The first-order chi connectivity index (χ1) is 31.8. The predicted octanol–water partition coefficient (Wildman–Crippen LogP) is 13.0. The zero-order chi connectivity index (χ0) is 52.7. The summed E-state index contributed by atoms with van der Waals surface area (Å²) in [5.74, 6) is 0. The first kappa shape index (κ1) is 24.8. The van der Waals surface area contributed by atoms with E-state index in [2.05, 4.69) is 0 Å². The van der Waals surface area contributed by atoms with E-state index in [1.165, 1.54) is 9.80 Å². The van der Waals surface area contributed by atoms with Crippen LogP contribution >= 0.6 is 0 Å². The van der Waals surface area contributed by atoms with E-state index in [9.17, 15) is 19.2 Å². The van der Waals surface area contributed by atoms with Crippen LogP contribution in [0.2, 0.25) is 0 Å². The Bertz CT molecular complexity index is 3250. The van der Waals surface area contributed by atoms with Crippen LogP contribution in [0.1, 0.15) is 151 Å². The zero-order valence-corrected chi connectivity index (χ0v) is 35.5. The molecule has 2 aliphatic heterocycles.